The summed E-state index contributed by atoms with van der Waals surface area (Å²) in [6, 6.07) is -0.863. The van der Waals surface area contributed by atoms with E-state index in [4.69, 9.17) is 0 Å². The first kappa shape index (κ1) is 37.8. The Labute approximate surface area is 257 Å². The van der Waals surface area contributed by atoms with Crippen molar-refractivity contribution in [1.29, 1.82) is 0 Å². The van der Waals surface area contributed by atoms with E-state index in [1.165, 1.54) is 21.6 Å². The first-order valence-electron chi connectivity index (χ1n) is 14.9. The molecule has 0 saturated carbocycles. The summed E-state index contributed by atoms with van der Waals surface area (Å²) in [5.41, 5.74) is -1.06. The minimum Gasteiger partial charge on any atom is -0.343 e. The second-order valence-electron chi connectivity index (χ2n) is 13.6. The van der Waals surface area contributed by atoms with Crippen molar-refractivity contribution in [2.45, 2.75) is 97.8 Å². The van der Waals surface area contributed by atoms with E-state index in [9.17, 15) is 28.8 Å². The first-order chi connectivity index (χ1) is 19.3. The van der Waals surface area contributed by atoms with E-state index in [-0.39, 0.29) is 61.0 Å². The summed E-state index contributed by atoms with van der Waals surface area (Å²) in [6.07, 6.45) is 2.38. The molecule has 1 aliphatic rings. The number of nitrogens with zero attached hydrogens (tertiary/aromatic N) is 4. The van der Waals surface area contributed by atoms with Crippen LogP contribution in [-0.2, 0) is 28.8 Å². The number of likely N-dealkylation sites (N-methyl/N-ethyl adjacent to an activating group) is 3. The van der Waals surface area contributed by atoms with Crippen molar-refractivity contribution < 1.29 is 28.8 Å². The smallest absolute Gasteiger partial charge is 0.245 e. The predicted molar refractivity (Wildman–Crippen MR) is 167 cm³/mol. The first-order valence-corrected chi connectivity index (χ1v) is 16.0. The standard InChI is InChI=1S/C31H54N4O6S/c1-30(2,3)24(36)14-13-16-35-27(39)21-23(29(35)41)42-19-12-11-15-26(38)34(10)22(20-25(37)31(4,5)6)28(40)33(9)18-17-32(7)8/h22-23H,11-21H2,1-10H3. The highest BCUT2D eigenvalue weighted by Gasteiger charge is 2.38. The van der Waals surface area contributed by atoms with Crippen LogP contribution in [0.3, 0.4) is 0 Å². The number of hydrogen-bond acceptors (Lipinski definition) is 8. The van der Waals surface area contributed by atoms with Crippen LogP contribution in [-0.4, -0.2) is 120 Å². The van der Waals surface area contributed by atoms with Crippen molar-refractivity contribution in [3.63, 3.8) is 0 Å². The third-order valence-corrected chi connectivity index (χ3v) is 8.84. The number of hydrogen-bond donors (Lipinski definition) is 0. The Morgan fingerprint density at radius 1 is 0.857 bits per heavy atom. The van der Waals surface area contributed by atoms with Crippen molar-refractivity contribution >= 4 is 47.0 Å². The summed E-state index contributed by atoms with van der Waals surface area (Å²) in [7, 11) is 7.11. The molecule has 2 atom stereocenters. The van der Waals surface area contributed by atoms with E-state index in [0.29, 0.717) is 44.5 Å². The predicted octanol–water partition coefficient (Wildman–Crippen LogP) is 3.27. The van der Waals surface area contributed by atoms with Gasteiger partial charge >= 0.3 is 0 Å². The van der Waals surface area contributed by atoms with Gasteiger partial charge in [0.2, 0.25) is 23.6 Å². The molecule has 0 radical (unpaired) electrons. The lowest BCUT2D eigenvalue weighted by atomic mass is 9.86. The van der Waals surface area contributed by atoms with E-state index in [1.807, 2.05) is 60.5 Å². The lowest BCUT2D eigenvalue weighted by Gasteiger charge is -2.32. The van der Waals surface area contributed by atoms with Crippen LogP contribution in [0.4, 0.5) is 0 Å². The van der Waals surface area contributed by atoms with Gasteiger partial charge in [0.15, 0.2) is 0 Å². The molecule has 10 nitrogen and oxygen atoms in total. The van der Waals surface area contributed by atoms with Crippen LogP contribution >= 0.6 is 11.8 Å². The van der Waals surface area contributed by atoms with Crippen LogP contribution < -0.4 is 0 Å². The van der Waals surface area contributed by atoms with Crippen molar-refractivity contribution in [2.75, 3.05) is 53.6 Å². The normalized spacial score (nSPS) is 16.6. The number of Topliss-reactive ketones (excluding diaryl/α,β-unsaturated/α-hetero) is 2. The fraction of sp³-hybridized carbons (Fsp3) is 0.806. The van der Waals surface area contributed by atoms with E-state index in [0.717, 1.165) is 0 Å². The molecule has 1 heterocycles. The van der Waals surface area contributed by atoms with Gasteiger partial charge in [0, 0.05) is 70.2 Å². The number of carbonyl (C=O) groups excluding carboxylic acids is 6. The van der Waals surface area contributed by atoms with E-state index in [1.54, 1.807) is 19.0 Å². The molecule has 240 valence electrons. The quantitative estimate of drug-likeness (QED) is 0.182. The molecule has 0 bridgehead atoms. The van der Waals surface area contributed by atoms with E-state index >= 15 is 0 Å². The minimum absolute atomic E-state index is 0.0363. The molecule has 0 aliphatic carbocycles. The number of imide groups is 1. The zero-order valence-corrected chi connectivity index (χ0v) is 28.4. The van der Waals surface area contributed by atoms with E-state index in [2.05, 4.69) is 0 Å². The van der Waals surface area contributed by atoms with Gasteiger partial charge in [0.1, 0.15) is 17.6 Å². The molecule has 1 rings (SSSR count). The van der Waals surface area contributed by atoms with Gasteiger partial charge in [0.25, 0.3) is 0 Å². The van der Waals surface area contributed by atoms with Crippen molar-refractivity contribution in [1.82, 2.24) is 19.6 Å². The Kier molecular flexibility index (Phi) is 14.9. The number of amides is 4. The highest BCUT2D eigenvalue weighted by Crippen LogP contribution is 2.27. The molecule has 0 aromatic heterocycles. The van der Waals surface area contributed by atoms with Crippen molar-refractivity contribution in [2.24, 2.45) is 10.8 Å². The fourth-order valence-electron chi connectivity index (χ4n) is 4.33. The highest BCUT2D eigenvalue weighted by molar-refractivity contribution is 8.00. The zero-order valence-electron chi connectivity index (χ0n) is 27.6. The topological polar surface area (TPSA) is 115 Å². The molecule has 4 amide bonds. The van der Waals surface area contributed by atoms with Gasteiger partial charge in [-0.2, -0.15) is 0 Å². The van der Waals surface area contributed by atoms with Gasteiger partial charge in [0.05, 0.1) is 5.25 Å². The molecule has 2 unspecified atom stereocenters. The summed E-state index contributed by atoms with van der Waals surface area (Å²) in [5.74, 6) is -0.207. The molecule has 0 N–H and O–H groups in total. The average molecular weight is 611 g/mol. The summed E-state index contributed by atoms with van der Waals surface area (Å²) in [4.78, 5) is 82.7. The van der Waals surface area contributed by atoms with Crippen LogP contribution in [0.2, 0.25) is 0 Å². The van der Waals surface area contributed by atoms with Crippen LogP contribution in [0, 0.1) is 10.8 Å². The van der Waals surface area contributed by atoms with Crippen LogP contribution in [0.1, 0.15) is 86.5 Å². The second-order valence-corrected chi connectivity index (χ2v) is 15.0. The van der Waals surface area contributed by atoms with Crippen molar-refractivity contribution in [3.05, 3.63) is 0 Å². The minimum atomic E-state index is -0.863. The third-order valence-electron chi connectivity index (χ3n) is 7.55. The zero-order chi connectivity index (χ0) is 32.4. The van der Waals surface area contributed by atoms with Gasteiger partial charge in [-0.3, -0.25) is 33.7 Å². The van der Waals surface area contributed by atoms with Crippen LogP contribution in [0.15, 0.2) is 0 Å². The molecule has 0 aromatic rings. The third kappa shape index (κ3) is 12.1. The van der Waals surface area contributed by atoms with Gasteiger partial charge in [-0.25, -0.2) is 0 Å². The Hall–Kier alpha value is -2.27. The highest BCUT2D eigenvalue weighted by atomic mass is 32.2. The molecule has 1 saturated heterocycles. The Balaban J connectivity index is 2.61. The van der Waals surface area contributed by atoms with E-state index < -0.39 is 22.1 Å². The number of rotatable bonds is 17. The summed E-state index contributed by atoms with van der Waals surface area (Å²) < 4.78 is 0. The number of ketones is 2. The van der Waals surface area contributed by atoms with Gasteiger partial charge in [-0.05, 0) is 39.1 Å². The Morgan fingerprint density at radius 2 is 1.45 bits per heavy atom. The molecule has 0 aromatic carbocycles. The van der Waals surface area contributed by atoms with Gasteiger partial charge < -0.3 is 14.7 Å². The van der Waals surface area contributed by atoms with Crippen molar-refractivity contribution in [3.8, 4) is 0 Å². The SMILES string of the molecule is CN(C)CCN(C)C(=O)C(CC(=O)C(C)(C)C)N(C)C(=O)CCCCSC1CC(=O)N(CCCC(=O)C(C)(C)C)C1=O. The molecular weight excluding hydrogens is 556 g/mol. The number of carbonyl (C=O) groups is 6. The average Bonchev–Trinajstić information content (AvgIpc) is 3.15. The van der Waals surface area contributed by atoms with Gasteiger partial charge in [-0.15, -0.1) is 11.8 Å². The molecule has 0 spiro atoms. The van der Waals surface area contributed by atoms with Crippen LogP contribution in [0.5, 0.6) is 0 Å². The fourth-order valence-corrected chi connectivity index (χ4v) is 5.52. The molecule has 11 heteroatoms. The van der Waals surface area contributed by atoms with Gasteiger partial charge in [-0.1, -0.05) is 41.5 Å². The monoisotopic (exact) mass is 610 g/mol. The summed E-state index contributed by atoms with van der Waals surface area (Å²) >= 11 is 1.42. The maximum absolute atomic E-state index is 13.3. The summed E-state index contributed by atoms with van der Waals surface area (Å²) in [6.45, 7) is 12.4. The maximum Gasteiger partial charge on any atom is 0.245 e. The summed E-state index contributed by atoms with van der Waals surface area (Å²) in [5, 5.41) is -0.433. The molecule has 1 fully saturated rings. The maximum atomic E-state index is 13.3. The number of likely N-dealkylation sites (tertiary alicyclic amines) is 1. The molecule has 1 aliphatic heterocycles. The molecule has 42 heavy (non-hydrogen) atoms. The second kappa shape index (κ2) is 16.5. The number of thioether (sulfide) groups is 1. The Bertz CT molecular complexity index is 985. The Morgan fingerprint density at radius 3 is 2.00 bits per heavy atom. The molecular formula is C31H54N4O6S. The van der Waals surface area contributed by atoms with Crippen LogP contribution in [0.25, 0.3) is 0 Å². The number of unbranched alkanes of at least 4 members (excludes halogenated alkanes) is 1. The lowest BCUT2D eigenvalue weighted by molar-refractivity contribution is -0.146. The largest absolute Gasteiger partial charge is 0.343 e. The lowest BCUT2D eigenvalue weighted by Crippen LogP contribution is -2.51.